The molecule has 29 heavy (non-hydrogen) atoms. The van der Waals surface area contributed by atoms with E-state index in [-0.39, 0.29) is 5.56 Å². The first-order valence-corrected chi connectivity index (χ1v) is 9.29. The molecule has 5 rings (SSSR count). The molecule has 0 spiro atoms. The van der Waals surface area contributed by atoms with Crippen molar-refractivity contribution in [3.63, 3.8) is 0 Å². The lowest BCUT2D eigenvalue weighted by Gasteiger charge is -2.11. The predicted molar refractivity (Wildman–Crippen MR) is 112 cm³/mol. The Morgan fingerprint density at radius 2 is 1.76 bits per heavy atom. The summed E-state index contributed by atoms with van der Waals surface area (Å²) in [5.41, 5.74) is 4.27. The summed E-state index contributed by atoms with van der Waals surface area (Å²) in [6.07, 6.45) is 5.22. The number of rotatable bonds is 4. The molecule has 0 N–H and O–H groups in total. The number of pyridine rings is 1. The van der Waals surface area contributed by atoms with Crippen molar-refractivity contribution >= 4 is 16.6 Å². The molecule has 142 valence electrons. The van der Waals surface area contributed by atoms with E-state index in [0.717, 1.165) is 33.6 Å². The third-order valence-corrected chi connectivity index (χ3v) is 5.09. The van der Waals surface area contributed by atoms with Gasteiger partial charge in [0, 0.05) is 23.5 Å². The quantitative estimate of drug-likeness (QED) is 0.475. The van der Waals surface area contributed by atoms with Gasteiger partial charge in [0.05, 0.1) is 30.8 Å². The minimum atomic E-state index is -0.112. The Hall–Kier alpha value is -3.93. The number of ether oxygens (including phenoxy) is 1. The van der Waals surface area contributed by atoms with Crippen molar-refractivity contribution in [1.82, 2.24) is 19.2 Å². The molecule has 2 aromatic carbocycles. The van der Waals surface area contributed by atoms with E-state index in [1.54, 1.807) is 34.8 Å². The van der Waals surface area contributed by atoms with Crippen molar-refractivity contribution in [3.05, 3.63) is 95.2 Å². The van der Waals surface area contributed by atoms with Crippen LogP contribution in [0.15, 0.2) is 84.0 Å². The normalized spacial score (nSPS) is 11.2. The molecule has 6 heteroatoms. The summed E-state index contributed by atoms with van der Waals surface area (Å²) in [4.78, 5) is 17.6. The van der Waals surface area contributed by atoms with Crippen LogP contribution in [0.3, 0.4) is 0 Å². The fourth-order valence-electron chi connectivity index (χ4n) is 3.62. The molecule has 0 saturated heterocycles. The van der Waals surface area contributed by atoms with Gasteiger partial charge in [0.15, 0.2) is 5.65 Å². The van der Waals surface area contributed by atoms with Crippen LogP contribution in [-0.4, -0.2) is 26.3 Å². The maximum Gasteiger partial charge on any atom is 0.261 e. The Labute approximate surface area is 166 Å². The first-order chi connectivity index (χ1) is 14.3. The van der Waals surface area contributed by atoms with E-state index in [4.69, 9.17) is 4.74 Å². The van der Waals surface area contributed by atoms with E-state index in [1.165, 1.54) is 0 Å². The number of hydrogen-bond acceptors (Lipinski definition) is 4. The summed E-state index contributed by atoms with van der Waals surface area (Å²) in [6, 6.07) is 19.6. The highest BCUT2D eigenvalue weighted by atomic mass is 16.5. The van der Waals surface area contributed by atoms with Crippen LogP contribution in [-0.2, 0) is 6.54 Å². The topological polar surface area (TPSA) is 61.4 Å². The SMILES string of the molecule is COc1ccccc1Cn1ccc2c(cnc3c(-c4ccccc4)cnn32)c1=O. The van der Waals surface area contributed by atoms with Gasteiger partial charge < -0.3 is 9.30 Å². The first-order valence-electron chi connectivity index (χ1n) is 9.29. The van der Waals surface area contributed by atoms with Gasteiger partial charge in [-0.15, -0.1) is 0 Å². The first kappa shape index (κ1) is 17.2. The molecule has 6 nitrogen and oxygen atoms in total. The Bertz CT molecular complexity index is 1390. The van der Waals surface area contributed by atoms with E-state index in [0.29, 0.717) is 11.9 Å². The molecule has 5 aromatic rings. The van der Waals surface area contributed by atoms with Gasteiger partial charge in [-0.2, -0.15) is 5.10 Å². The molecule has 0 radical (unpaired) electrons. The van der Waals surface area contributed by atoms with E-state index in [1.807, 2.05) is 60.7 Å². The van der Waals surface area contributed by atoms with Gasteiger partial charge in [0.1, 0.15) is 5.75 Å². The molecule has 3 aromatic heterocycles. The lowest BCUT2D eigenvalue weighted by atomic mass is 10.1. The highest BCUT2D eigenvalue weighted by Gasteiger charge is 2.13. The van der Waals surface area contributed by atoms with Gasteiger partial charge in [-0.1, -0.05) is 48.5 Å². The molecule has 0 unspecified atom stereocenters. The average Bonchev–Trinajstić information content (AvgIpc) is 3.21. The van der Waals surface area contributed by atoms with E-state index in [9.17, 15) is 4.79 Å². The molecule has 0 fully saturated rings. The van der Waals surface area contributed by atoms with Crippen LogP contribution >= 0.6 is 0 Å². The van der Waals surface area contributed by atoms with Crippen LogP contribution in [0.2, 0.25) is 0 Å². The summed E-state index contributed by atoms with van der Waals surface area (Å²) in [7, 11) is 1.63. The maximum absolute atomic E-state index is 13.1. The number of hydrogen-bond donors (Lipinski definition) is 0. The van der Waals surface area contributed by atoms with E-state index >= 15 is 0 Å². The van der Waals surface area contributed by atoms with Gasteiger partial charge in [0.25, 0.3) is 5.56 Å². The zero-order valence-corrected chi connectivity index (χ0v) is 15.8. The van der Waals surface area contributed by atoms with Crippen molar-refractivity contribution in [3.8, 4) is 16.9 Å². The van der Waals surface area contributed by atoms with Crippen molar-refractivity contribution < 1.29 is 4.74 Å². The minimum Gasteiger partial charge on any atom is -0.496 e. The molecule has 0 aliphatic rings. The zero-order valence-electron chi connectivity index (χ0n) is 15.8. The molecular formula is C23H18N4O2. The van der Waals surface area contributed by atoms with Gasteiger partial charge in [-0.25, -0.2) is 9.50 Å². The lowest BCUT2D eigenvalue weighted by Crippen LogP contribution is -2.21. The number of aromatic nitrogens is 4. The van der Waals surface area contributed by atoms with E-state index < -0.39 is 0 Å². The summed E-state index contributed by atoms with van der Waals surface area (Å²) < 4.78 is 8.80. The van der Waals surface area contributed by atoms with Gasteiger partial charge in [-0.3, -0.25) is 4.79 Å². The fourth-order valence-corrected chi connectivity index (χ4v) is 3.62. The van der Waals surface area contributed by atoms with Crippen LogP contribution in [0, 0.1) is 0 Å². The standard InChI is InChI=1S/C23H18N4O2/c1-29-21-10-6-5-9-17(21)15-26-12-11-20-19(23(26)28)13-24-22-18(14-25-27(20)22)16-7-3-2-4-8-16/h2-14H,15H2,1H3. The third kappa shape index (κ3) is 2.86. The predicted octanol–water partition coefficient (Wildman–Crippen LogP) is 3.77. The van der Waals surface area contributed by atoms with Crippen molar-refractivity contribution in [2.75, 3.05) is 7.11 Å². The van der Waals surface area contributed by atoms with Crippen LogP contribution in [0.1, 0.15) is 5.56 Å². The summed E-state index contributed by atoms with van der Waals surface area (Å²) in [5.74, 6) is 0.757. The largest absolute Gasteiger partial charge is 0.496 e. The lowest BCUT2D eigenvalue weighted by molar-refractivity contribution is 0.408. The van der Waals surface area contributed by atoms with Crippen molar-refractivity contribution in [2.24, 2.45) is 0 Å². The number of para-hydroxylation sites is 1. The summed E-state index contributed by atoms with van der Waals surface area (Å²) in [6.45, 7) is 0.422. The van der Waals surface area contributed by atoms with Gasteiger partial charge in [-0.05, 0) is 17.7 Å². The molecule has 0 amide bonds. The van der Waals surface area contributed by atoms with Crippen molar-refractivity contribution in [2.45, 2.75) is 6.54 Å². The molecule has 0 saturated carbocycles. The zero-order chi connectivity index (χ0) is 19.8. The van der Waals surface area contributed by atoms with Crippen LogP contribution < -0.4 is 10.3 Å². The Kier molecular flexibility index (Phi) is 4.09. The summed E-state index contributed by atoms with van der Waals surface area (Å²) >= 11 is 0. The summed E-state index contributed by atoms with van der Waals surface area (Å²) in [5, 5.41) is 5.02. The fraction of sp³-hybridized carbons (Fsp3) is 0.0870. The van der Waals surface area contributed by atoms with Gasteiger partial charge in [0.2, 0.25) is 0 Å². The number of benzene rings is 2. The highest BCUT2D eigenvalue weighted by Crippen LogP contribution is 2.25. The smallest absolute Gasteiger partial charge is 0.261 e. The minimum absolute atomic E-state index is 0.112. The molecule has 3 heterocycles. The number of methoxy groups -OCH3 is 1. The van der Waals surface area contributed by atoms with Crippen LogP contribution in [0.4, 0.5) is 0 Å². The van der Waals surface area contributed by atoms with Gasteiger partial charge >= 0.3 is 0 Å². The van der Waals surface area contributed by atoms with Crippen molar-refractivity contribution in [1.29, 1.82) is 0 Å². The second-order valence-electron chi connectivity index (χ2n) is 6.78. The highest BCUT2D eigenvalue weighted by molar-refractivity contribution is 5.84. The molecule has 0 aliphatic heterocycles. The monoisotopic (exact) mass is 382 g/mol. The maximum atomic E-state index is 13.1. The molecule has 0 aliphatic carbocycles. The Morgan fingerprint density at radius 3 is 2.59 bits per heavy atom. The molecule has 0 bridgehead atoms. The third-order valence-electron chi connectivity index (χ3n) is 5.09. The number of nitrogens with zero attached hydrogens (tertiary/aromatic N) is 4. The second kappa shape index (κ2) is 6.91. The van der Waals surface area contributed by atoms with E-state index in [2.05, 4.69) is 10.1 Å². The molecule has 0 atom stereocenters. The Morgan fingerprint density at radius 1 is 0.966 bits per heavy atom. The molecular weight excluding hydrogens is 364 g/mol. The Balaban J connectivity index is 1.63. The van der Waals surface area contributed by atoms with Crippen LogP contribution in [0.25, 0.3) is 27.7 Å². The number of fused-ring (bicyclic) bond motifs is 3. The average molecular weight is 382 g/mol. The second-order valence-corrected chi connectivity index (χ2v) is 6.78. The van der Waals surface area contributed by atoms with Crippen LogP contribution in [0.5, 0.6) is 5.75 Å².